The lowest BCUT2D eigenvalue weighted by Gasteiger charge is -2.06. The van der Waals surface area contributed by atoms with Crippen LogP contribution in [0.15, 0.2) is 12.1 Å². The topological polar surface area (TPSA) is 57.5 Å². The van der Waals surface area contributed by atoms with Gasteiger partial charge in [-0.25, -0.2) is 4.39 Å². The first-order valence-electron chi connectivity index (χ1n) is 4.40. The summed E-state index contributed by atoms with van der Waals surface area (Å²) in [4.78, 5) is 10.2. The zero-order chi connectivity index (χ0) is 11.4. The van der Waals surface area contributed by atoms with E-state index in [1.165, 1.54) is 6.07 Å². The van der Waals surface area contributed by atoms with Gasteiger partial charge in [0.25, 0.3) is 0 Å². The Hall–Kier alpha value is -1.29. The van der Waals surface area contributed by atoms with Gasteiger partial charge in [0.1, 0.15) is 11.6 Å². The van der Waals surface area contributed by atoms with Crippen molar-refractivity contribution in [1.82, 2.24) is 0 Å². The number of aliphatic carboxylic acids is 1. The molecule has 5 heteroatoms. The second kappa shape index (κ2) is 4.98. The number of hydrogen-bond donors (Lipinski definition) is 2. The summed E-state index contributed by atoms with van der Waals surface area (Å²) in [6.07, 6.45) is 0.357. The normalized spacial score (nSPS) is 10.3. The van der Waals surface area contributed by atoms with Gasteiger partial charge >= 0.3 is 5.97 Å². The maximum absolute atomic E-state index is 13.2. The SMILES string of the molecule is O=C(O)CCCc1c(F)ccc(Cl)c1O. The van der Waals surface area contributed by atoms with Crippen LogP contribution in [0, 0.1) is 5.82 Å². The highest BCUT2D eigenvalue weighted by molar-refractivity contribution is 6.32. The van der Waals surface area contributed by atoms with Crippen molar-refractivity contribution in [3.05, 3.63) is 28.5 Å². The number of phenolic OH excluding ortho intramolecular Hbond substituents is 1. The number of carboxylic acids is 1. The van der Waals surface area contributed by atoms with E-state index in [-0.39, 0.29) is 35.6 Å². The molecule has 0 saturated carbocycles. The molecule has 1 aromatic carbocycles. The molecule has 15 heavy (non-hydrogen) atoms. The summed E-state index contributed by atoms with van der Waals surface area (Å²) in [7, 11) is 0. The summed E-state index contributed by atoms with van der Waals surface area (Å²) in [5.74, 6) is -1.82. The Balaban J connectivity index is 2.75. The van der Waals surface area contributed by atoms with Gasteiger partial charge in [0.05, 0.1) is 5.02 Å². The molecule has 3 nitrogen and oxygen atoms in total. The number of halogens is 2. The zero-order valence-corrected chi connectivity index (χ0v) is 8.59. The van der Waals surface area contributed by atoms with Crippen molar-refractivity contribution >= 4 is 17.6 Å². The molecule has 1 rings (SSSR count). The first-order chi connectivity index (χ1) is 7.02. The molecule has 0 heterocycles. The van der Waals surface area contributed by atoms with E-state index in [0.717, 1.165) is 6.07 Å². The number of hydrogen-bond acceptors (Lipinski definition) is 2. The molecule has 0 fully saturated rings. The fourth-order valence-corrected chi connectivity index (χ4v) is 1.41. The second-order valence-electron chi connectivity index (χ2n) is 3.10. The first-order valence-corrected chi connectivity index (χ1v) is 4.78. The number of benzene rings is 1. The second-order valence-corrected chi connectivity index (χ2v) is 3.51. The molecule has 0 amide bonds. The predicted octanol–water partition coefficient (Wildman–Crippen LogP) is 2.59. The summed E-state index contributed by atoms with van der Waals surface area (Å²) in [6.45, 7) is 0. The van der Waals surface area contributed by atoms with Crippen LogP contribution >= 0.6 is 11.6 Å². The summed E-state index contributed by atoms with van der Waals surface area (Å²) >= 11 is 5.59. The average Bonchev–Trinajstić information content (AvgIpc) is 2.17. The fraction of sp³-hybridized carbons (Fsp3) is 0.300. The molecule has 0 aliphatic heterocycles. The summed E-state index contributed by atoms with van der Waals surface area (Å²) < 4.78 is 13.2. The molecule has 0 radical (unpaired) electrons. The minimum atomic E-state index is -0.947. The van der Waals surface area contributed by atoms with Gasteiger partial charge in [0, 0.05) is 12.0 Å². The molecule has 0 unspecified atom stereocenters. The highest BCUT2D eigenvalue weighted by Gasteiger charge is 2.11. The van der Waals surface area contributed by atoms with Gasteiger partial charge in [0.15, 0.2) is 0 Å². The number of aromatic hydroxyl groups is 1. The van der Waals surface area contributed by atoms with Crippen molar-refractivity contribution in [3.63, 3.8) is 0 Å². The average molecular weight is 233 g/mol. The van der Waals surface area contributed by atoms with Crippen LogP contribution in [0.5, 0.6) is 5.75 Å². The van der Waals surface area contributed by atoms with Crippen LogP contribution in [0.2, 0.25) is 5.02 Å². The summed E-state index contributed by atoms with van der Waals surface area (Å²) in [6, 6.07) is 2.41. The minimum absolute atomic E-state index is 0.0641. The van der Waals surface area contributed by atoms with Gasteiger partial charge < -0.3 is 10.2 Å². The third-order valence-electron chi connectivity index (χ3n) is 1.99. The number of phenols is 1. The number of carboxylic acid groups (broad SMARTS) is 1. The van der Waals surface area contributed by atoms with Crippen LogP contribution in [-0.4, -0.2) is 16.2 Å². The van der Waals surface area contributed by atoms with Crippen molar-refractivity contribution in [1.29, 1.82) is 0 Å². The maximum Gasteiger partial charge on any atom is 0.303 e. The standard InChI is InChI=1S/C10H10ClFO3/c11-7-4-5-8(12)6(10(7)15)2-1-3-9(13)14/h4-5,15H,1-3H2,(H,13,14). The first kappa shape index (κ1) is 11.8. The predicted molar refractivity (Wildman–Crippen MR) is 53.6 cm³/mol. The van der Waals surface area contributed by atoms with Crippen LogP contribution < -0.4 is 0 Å². The van der Waals surface area contributed by atoms with E-state index in [4.69, 9.17) is 16.7 Å². The lowest BCUT2D eigenvalue weighted by Crippen LogP contribution is -1.98. The van der Waals surface area contributed by atoms with Gasteiger partial charge in [-0.2, -0.15) is 0 Å². The molecular formula is C10H10ClFO3. The lowest BCUT2D eigenvalue weighted by molar-refractivity contribution is -0.137. The fourth-order valence-electron chi connectivity index (χ4n) is 1.24. The summed E-state index contributed by atoms with van der Waals surface area (Å²) in [5.41, 5.74) is 0.0729. The van der Waals surface area contributed by atoms with Crippen LogP contribution in [-0.2, 0) is 11.2 Å². The van der Waals surface area contributed by atoms with Crippen molar-refractivity contribution in [2.75, 3.05) is 0 Å². The molecule has 0 saturated heterocycles. The Bertz CT molecular complexity index is 379. The molecular weight excluding hydrogens is 223 g/mol. The van der Waals surface area contributed by atoms with E-state index >= 15 is 0 Å². The van der Waals surface area contributed by atoms with Crippen LogP contribution in [0.25, 0.3) is 0 Å². The maximum atomic E-state index is 13.2. The van der Waals surface area contributed by atoms with E-state index < -0.39 is 11.8 Å². The minimum Gasteiger partial charge on any atom is -0.506 e. The molecule has 0 aliphatic carbocycles. The van der Waals surface area contributed by atoms with Gasteiger partial charge in [-0.15, -0.1) is 0 Å². The van der Waals surface area contributed by atoms with E-state index in [0.29, 0.717) is 0 Å². The van der Waals surface area contributed by atoms with E-state index in [1.54, 1.807) is 0 Å². The van der Waals surface area contributed by atoms with Crippen LogP contribution in [0.3, 0.4) is 0 Å². The number of rotatable bonds is 4. The third-order valence-corrected chi connectivity index (χ3v) is 2.30. The van der Waals surface area contributed by atoms with Crippen LogP contribution in [0.4, 0.5) is 4.39 Å². The molecule has 82 valence electrons. The highest BCUT2D eigenvalue weighted by Crippen LogP contribution is 2.30. The van der Waals surface area contributed by atoms with Crippen LogP contribution in [0.1, 0.15) is 18.4 Å². The summed E-state index contributed by atoms with van der Waals surface area (Å²) in [5, 5.41) is 17.9. The van der Waals surface area contributed by atoms with Crippen molar-refractivity contribution in [3.8, 4) is 5.75 Å². The van der Waals surface area contributed by atoms with E-state index in [2.05, 4.69) is 0 Å². The number of carbonyl (C=O) groups is 1. The Morgan fingerprint density at radius 2 is 2.13 bits per heavy atom. The molecule has 0 aromatic heterocycles. The van der Waals surface area contributed by atoms with Crippen molar-refractivity contribution in [2.24, 2.45) is 0 Å². The van der Waals surface area contributed by atoms with Crippen molar-refractivity contribution in [2.45, 2.75) is 19.3 Å². The quantitative estimate of drug-likeness (QED) is 0.839. The monoisotopic (exact) mass is 232 g/mol. The van der Waals surface area contributed by atoms with E-state index in [9.17, 15) is 14.3 Å². The molecule has 0 spiro atoms. The van der Waals surface area contributed by atoms with Gasteiger partial charge in [-0.3, -0.25) is 4.79 Å². The Labute approximate surface area is 91.1 Å². The Morgan fingerprint density at radius 1 is 1.47 bits per heavy atom. The largest absolute Gasteiger partial charge is 0.506 e. The zero-order valence-electron chi connectivity index (χ0n) is 7.83. The lowest BCUT2D eigenvalue weighted by atomic mass is 10.1. The molecule has 0 bridgehead atoms. The highest BCUT2D eigenvalue weighted by atomic mass is 35.5. The van der Waals surface area contributed by atoms with E-state index in [1.807, 2.05) is 0 Å². The molecule has 0 atom stereocenters. The molecule has 1 aromatic rings. The van der Waals surface area contributed by atoms with Gasteiger partial charge in [0.2, 0.25) is 0 Å². The smallest absolute Gasteiger partial charge is 0.303 e. The Kier molecular flexibility index (Phi) is 3.91. The van der Waals surface area contributed by atoms with Gasteiger partial charge in [-0.1, -0.05) is 11.6 Å². The molecule has 2 N–H and O–H groups in total. The van der Waals surface area contributed by atoms with Crippen molar-refractivity contribution < 1.29 is 19.4 Å². The molecule has 0 aliphatic rings. The Morgan fingerprint density at radius 3 is 2.73 bits per heavy atom. The van der Waals surface area contributed by atoms with Gasteiger partial charge in [-0.05, 0) is 25.0 Å². The third kappa shape index (κ3) is 3.09.